The summed E-state index contributed by atoms with van der Waals surface area (Å²) in [6.07, 6.45) is 1.58. The molecule has 15 heavy (non-hydrogen) atoms. The van der Waals surface area contributed by atoms with Crippen LogP contribution in [0.2, 0.25) is 0 Å². The van der Waals surface area contributed by atoms with Crippen molar-refractivity contribution in [2.45, 2.75) is 12.5 Å². The van der Waals surface area contributed by atoms with E-state index in [1.165, 1.54) is 6.26 Å². The minimum Gasteiger partial charge on any atom is -0.467 e. The van der Waals surface area contributed by atoms with Crippen LogP contribution in [0.5, 0.6) is 0 Å². The highest BCUT2D eigenvalue weighted by Crippen LogP contribution is 2.29. The molecule has 1 aliphatic rings. The van der Waals surface area contributed by atoms with Gasteiger partial charge in [0.15, 0.2) is 0 Å². The number of hydrogen-bond acceptors (Lipinski definition) is 5. The minimum atomic E-state index is -0.700. The summed E-state index contributed by atoms with van der Waals surface area (Å²) in [6, 6.07) is 2.70. The molecule has 0 saturated carbocycles. The lowest BCUT2D eigenvalue weighted by molar-refractivity contribution is -0.163. The molecule has 1 aromatic heterocycles. The van der Waals surface area contributed by atoms with Crippen LogP contribution in [0.25, 0.3) is 0 Å². The first-order chi connectivity index (χ1) is 6.74. The van der Waals surface area contributed by atoms with Crippen molar-refractivity contribution in [3.05, 3.63) is 24.2 Å². The van der Waals surface area contributed by atoms with E-state index in [9.17, 15) is 10.0 Å². The van der Waals surface area contributed by atoms with Crippen LogP contribution in [0.4, 0.5) is 0 Å². The molecule has 7 heteroatoms. The van der Waals surface area contributed by atoms with E-state index in [1.807, 2.05) is 0 Å². The maximum atomic E-state index is 11.2. The molecular weight excluding hydrogens is 204 g/mol. The fraction of sp³-hybridized carbons (Fsp3) is 0.250. The molecule has 1 amide bonds. The predicted octanol–water partition coefficient (Wildman–Crippen LogP) is -0.0523. The number of rotatable bonds is 1. The van der Waals surface area contributed by atoms with Gasteiger partial charge in [0.05, 0.1) is 6.26 Å². The highest BCUT2D eigenvalue weighted by atomic mass is 16.5. The number of amides is 1. The summed E-state index contributed by atoms with van der Waals surface area (Å²) < 4.78 is 5.04. The first-order valence-electron chi connectivity index (χ1n) is 4.01. The average molecular weight is 214 g/mol. The van der Waals surface area contributed by atoms with Gasteiger partial charge in [-0.05, 0) is 12.1 Å². The van der Waals surface area contributed by atoms with Gasteiger partial charge in [0.1, 0.15) is 17.5 Å². The van der Waals surface area contributed by atoms with Crippen LogP contribution in [-0.2, 0) is 4.79 Å². The Morgan fingerprint density at radius 2 is 2.33 bits per heavy atom. The van der Waals surface area contributed by atoms with Crippen LogP contribution in [0.1, 0.15) is 18.2 Å². The molecule has 4 N–H and O–H groups in total. The van der Waals surface area contributed by atoms with Crippen molar-refractivity contribution >= 4 is 11.6 Å². The lowest BCUT2D eigenvalue weighted by atomic mass is 10.1. The molecule has 0 aromatic carbocycles. The Morgan fingerprint density at radius 3 is 2.80 bits per heavy atom. The average Bonchev–Trinajstić information content (AvgIpc) is 2.78. The zero-order valence-corrected chi connectivity index (χ0v) is 7.62. The van der Waals surface area contributed by atoms with Crippen LogP contribution in [0, 0.1) is 0 Å². The maximum Gasteiger partial charge on any atom is 0.295 e. The molecule has 1 atom stereocenters. The van der Waals surface area contributed by atoms with Crippen LogP contribution < -0.4 is 0 Å². The molecular formula is C8H10N2O5. The van der Waals surface area contributed by atoms with E-state index in [0.717, 1.165) is 0 Å². The standard InChI is InChI=1S/C8H8N2O4.H2O/c11-8-5(9-12)4-6(10(8)13)7-2-1-3-14-7;/h1-3,6,12-13H,4H2;1H2. The Balaban J connectivity index is 0.00000112. The minimum absolute atomic E-state index is 0. The lowest BCUT2D eigenvalue weighted by Crippen LogP contribution is -2.25. The first-order valence-corrected chi connectivity index (χ1v) is 4.01. The van der Waals surface area contributed by atoms with Crippen molar-refractivity contribution in [1.82, 2.24) is 5.06 Å². The van der Waals surface area contributed by atoms with Gasteiger partial charge in [-0.1, -0.05) is 5.16 Å². The van der Waals surface area contributed by atoms with Crippen LogP contribution >= 0.6 is 0 Å². The van der Waals surface area contributed by atoms with Crippen molar-refractivity contribution in [1.29, 1.82) is 0 Å². The SMILES string of the molecule is O.O=C1C(=NO)CC(c2ccco2)N1O. The normalized spacial score (nSPS) is 23.3. The monoisotopic (exact) mass is 214 g/mol. The maximum absolute atomic E-state index is 11.2. The molecule has 1 fully saturated rings. The van der Waals surface area contributed by atoms with Crippen LogP contribution in [0.15, 0.2) is 28.0 Å². The summed E-state index contributed by atoms with van der Waals surface area (Å²) in [7, 11) is 0. The summed E-state index contributed by atoms with van der Waals surface area (Å²) >= 11 is 0. The van der Waals surface area contributed by atoms with Gasteiger partial charge in [-0.3, -0.25) is 10.0 Å². The van der Waals surface area contributed by atoms with Crippen LogP contribution in [0.3, 0.4) is 0 Å². The molecule has 0 bridgehead atoms. The Bertz CT molecular complexity index is 372. The van der Waals surface area contributed by atoms with Gasteiger partial charge < -0.3 is 15.1 Å². The van der Waals surface area contributed by atoms with Crippen molar-refractivity contribution in [2.75, 3.05) is 0 Å². The van der Waals surface area contributed by atoms with Gasteiger partial charge in [-0.2, -0.15) is 0 Å². The van der Waals surface area contributed by atoms with Crippen molar-refractivity contribution in [2.24, 2.45) is 5.16 Å². The van der Waals surface area contributed by atoms with Gasteiger partial charge in [0, 0.05) is 6.42 Å². The van der Waals surface area contributed by atoms with E-state index in [-0.39, 0.29) is 17.6 Å². The molecule has 1 aliphatic heterocycles. The summed E-state index contributed by atoms with van der Waals surface area (Å²) in [6.45, 7) is 0. The first kappa shape index (κ1) is 11.2. The molecule has 2 rings (SSSR count). The molecule has 0 aliphatic carbocycles. The summed E-state index contributed by atoms with van der Waals surface area (Å²) in [5.41, 5.74) is -0.0751. The molecule has 0 spiro atoms. The molecule has 2 heterocycles. The van der Waals surface area contributed by atoms with Gasteiger partial charge in [-0.25, -0.2) is 5.06 Å². The lowest BCUT2D eigenvalue weighted by Gasteiger charge is -2.13. The Morgan fingerprint density at radius 1 is 1.60 bits per heavy atom. The summed E-state index contributed by atoms with van der Waals surface area (Å²) in [5, 5.41) is 21.1. The van der Waals surface area contributed by atoms with Gasteiger partial charge >= 0.3 is 0 Å². The number of furan rings is 1. The highest BCUT2D eigenvalue weighted by Gasteiger charge is 2.39. The van der Waals surface area contributed by atoms with Crippen molar-refractivity contribution in [3.8, 4) is 0 Å². The second kappa shape index (κ2) is 4.11. The van der Waals surface area contributed by atoms with Gasteiger partial charge in [-0.15, -0.1) is 0 Å². The summed E-state index contributed by atoms with van der Waals surface area (Å²) in [4.78, 5) is 11.2. The number of hydroxylamine groups is 2. The molecule has 1 unspecified atom stereocenters. The van der Waals surface area contributed by atoms with Gasteiger partial charge in [0.25, 0.3) is 5.91 Å². The Labute approximate surface area is 84.5 Å². The zero-order valence-electron chi connectivity index (χ0n) is 7.62. The van der Waals surface area contributed by atoms with Crippen molar-refractivity contribution in [3.63, 3.8) is 0 Å². The molecule has 1 saturated heterocycles. The fourth-order valence-electron chi connectivity index (χ4n) is 1.42. The number of hydrogen-bond donors (Lipinski definition) is 2. The van der Waals surface area contributed by atoms with E-state index >= 15 is 0 Å². The van der Waals surface area contributed by atoms with E-state index in [0.29, 0.717) is 10.8 Å². The zero-order chi connectivity index (χ0) is 10.1. The Kier molecular flexibility index (Phi) is 3.08. The fourth-order valence-corrected chi connectivity index (χ4v) is 1.42. The van der Waals surface area contributed by atoms with E-state index in [1.54, 1.807) is 12.1 Å². The second-order valence-electron chi connectivity index (χ2n) is 2.93. The number of nitrogens with zero attached hydrogens (tertiary/aromatic N) is 2. The third-order valence-corrected chi connectivity index (χ3v) is 2.13. The quantitative estimate of drug-likeness (QED) is 0.387. The van der Waals surface area contributed by atoms with E-state index in [2.05, 4.69) is 5.16 Å². The van der Waals surface area contributed by atoms with E-state index in [4.69, 9.17) is 9.62 Å². The topological polar surface area (TPSA) is 118 Å². The number of carbonyl (C=O) groups excluding carboxylic acids is 1. The molecule has 0 radical (unpaired) electrons. The smallest absolute Gasteiger partial charge is 0.295 e. The highest BCUT2D eigenvalue weighted by molar-refractivity contribution is 6.40. The summed E-state index contributed by atoms with van der Waals surface area (Å²) in [5.74, 6) is -0.242. The number of oxime groups is 1. The third-order valence-electron chi connectivity index (χ3n) is 2.13. The molecule has 82 valence electrons. The second-order valence-corrected chi connectivity index (χ2v) is 2.93. The Hall–Kier alpha value is -1.86. The number of carbonyl (C=O) groups is 1. The van der Waals surface area contributed by atoms with E-state index < -0.39 is 11.9 Å². The largest absolute Gasteiger partial charge is 0.467 e. The third kappa shape index (κ3) is 1.69. The predicted molar refractivity (Wildman–Crippen MR) is 47.5 cm³/mol. The van der Waals surface area contributed by atoms with Crippen molar-refractivity contribution < 1.29 is 25.1 Å². The van der Waals surface area contributed by atoms with Gasteiger partial charge in [0.2, 0.25) is 0 Å². The van der Waals surface area contributed by atoms with Crippen LogP contribution in [-0.4, -0.2) is 32.6 Å². The molecule has 1 aromatic rings. The molecule has 7 nitrogen and oxygen atoms in total.